The van der Waals surface area contributed by atoms with E-state index in [1.54, 1.807) is 6.07 Å². The second-order valence-corrected chi connectivity index (χ2v) is 5.52. The topological polar surface area (TPSA) is 57.2 Å². The summed E-state index contributed by atoms with van der Waals surface area (Å²) in [6, 6.07) is 7.31. The van der Waals surface area contributed by atoms with Crippen molar-refractivity contribution in [1.82, 2.24) is 4.90 Å². The highest BCUT2D eigenvalue weighted by atomic mass is 16.6. The van der Waals surface area contributed by atoms with Crippen molar-refractivity contribution in [1.29, 1.82) is 0 Å². The van der Waals surface area contributed by atoms with Crippen LogP contribution < -0.4 is 9.47 Å². The first kappa shape index (κ1) is 15.1. The second-order valence-electron chi connectivity index (χ2n) is 5.52. The number of rotatable bonds is 4. The summed E-state index contributed by atoms with van der Waals surface area (Å²) >= 11 is 0. The number of benzene rings is 1. The molecule has 0 bridgehead atoms. The van der Waals surface area contributed by atoms with Gasteiger partial charge in [-0.25, -0.2) is 4.79 Å². The maximum absolute atomic E-state index is 12.2. The lowest BCUT2D eigenvalue weighted by Crippen LogP contribution is -2.44. The first-order valence-corrected chi connectivity index (χ1v) is 7.61. The van der Waals surface area contributed by atoms with Crippen molar-refractivity contribution >= 4 is 5.97 Å². The summed E-state index contributed by atoms with van der Waals surface area (Å²) in [7, 11) is 0. The van der Waals surface area contributed by atoms with Crippen molar-refractivity contribution in [3.63, 3.8) is 0 Å². The molecule has 3 rings (SSSR count). The monoisotopic (exact) mass is 307 g/mol. The number of carbonyl (C=O) groups is 1. The van der Waals surface area contributed by atoms with E-state index in [2.05, 4.69) is 4.90 Å². The zero-order valence-electron chi connectivity index (χ0n) is 12.7. The van der Waals surface area contributed by atoms with Crippen molar-refractivity contribution in [3.8, 4) is 11.5 Å². The Morgan fingerprint density at radius 1 is 1.32 bits per heavy atom. The number of hydrogen-bond donors (Lipinski definition) is 0. The molecule has 1 aromatic carbocycles. The number of hydrogen-bond acceptors (Lipinski definition) is 6. The first-order chi connectivity index (χ1) is 10.7. The van der Waals surface area contributed by atoms with E-state index < -0.39 is 6.10 Å². The Morgan fingerprint density at radius 2 is 2.05 bits per heavy atom. The molecule has 22 heavy (non-hydrogen) atoms. The fraction of sp³-hybridized carbons (Fsp3) is 0.562. The lowest BCUT2D eigenvalue weighted by Gasteiger charge is -2.30. The molecule has 0 saturated carbocycles. The number of nitrogens with zero attached hydrogens (tertiary/aromatic N) is 1. The highest BCUT2D eigenvalue weighted by Gasteiger charge is 2.30. The molecule has 1 aromatic rings. The summed E-state index contributed by atoms with van der Waals surface area (Å²) in [4.78, 5) is 14.4. The second kappa shape index (κ2) is 6.98. The van der Waals surface area contributed by atoms with Crippen molar-refractivity contribution in [2.24, 2.45) is 0 Å². The molecular weight excluding hydrogens is 286 g/mol. The molecular formula is C16H21NO5. The van der Waals surface area contributed by atoms with Gasteiger partial charge in [0.1, 0.15) is 12.7 Å². The van der Waals surface area contributed by atoms with E-state index in [4.69, 9.17) is 18.9 Å². The smallest absolute Gasteiger partial charge is 0.351 e. The minimum Gasteiger partial charge on any atom is -0.485 e. The number of esters is 1. The molecule has 6 nitrogen and oxygen atoms in total. The van der Waals surface area contributed by atoms with Crippen molar-refractivity contribution in [3.05, 3.63) is 24.3 Å². The Hall–Kier alpha value is -1.79. The van der Waals surface area contributed by atoms with Crippen LogP contribution in [-0.4, -0.2) is 62.5 Å². The van der Waals surface area contributed by atoms with Gasteiger partial charge in [0.2, 0.25) is 6.10 Å². The third-order valence-corrected chi connectivity index (χ3v) is 3.71. The third kappa shape index (κ3) is 3.69. The van der Waals surface area contributed by atoms with E-state index in [9.17, 15) is 4.79 Å². The number of para-hydroxylation sites is 2. The third-order valence-electron chi connectivity index (χ3n) is 3.71. The molecule has 1 saturated heterocycles. The summed E-state index contributed by atoms with van der Waals surface area (Å²) in [5.74, 6) is 0.861. The van der Waals surface area contributed by atoms with Crippen LogP contribution >= 0.6 is 0 Å². The van der Waals surface area contributed by atoms with E-state index in [0.717, 1.165) is 26.3 Å². The normalized spacial score (nSPS) is 22.9. The Bertz CT molecular complexity index is 515. The summed E-state index contributed by atoms with van der Waals surface area (Å²) in [6.07, 6.45) is -0.895. The molecule has 0 unspecified atom stereocenters. The van der Waals surface area contributed by atoms with Gasteiger partial charge in [-0.15, -0.1) is 0 Å². The van der Waals surface area contributed by atoms with E-state index in [1.807, 2.05) is 25.1 Å². The maximum Gasteiger partial charge on any atom is 0.351 e. The summed E-state index contributed by atoms with van der Waals surface area (Å²) in [6.45, 7) is 6.00. The van der Waals surface area contributed by atoms with Gasteiger partial charge in [-0.2, -0.15) is 0 Å². The molecule has 0 spiro atoms. The molecule has 2 aliphatic rings. The highest BCUT2D eigenvalue weighted by Crippen LogP contribution is 2.31. The van der Waals surface area contributed by atoms with Crippen molar-refractivity contribution in [2.75, 3.05) is 39.5 Å². The van der Waals surface area contributed by atoms with Gasteiger partial charge < -0.3 is 18.9 Å². The van der Waals surface area contributed by atoms with Gasteiger partial charge in [-0.3, -0.25) is 4.90 Å². The maximum atomic E-state index is 12.2. The van der Waals surface area contributed by atoms with Crippen molar-refractivity contribution in [2.45, 2.75) is 19.1 Å². The Labute approximate surface area is 129 Å². The number of fused-ring (bicyclic) bond motifs is 1. The van der Waals surface area contributed by atoms with Gasteiger partial charge in [0.25, 0.3) is 0 Å². The van der Waals surface area contributed by atoms with Crippen LogP contribution in [0.25, 0.3) is 0 Å². The number of ether oxygens (including phenoxy) is 4. The van der Waals surface area contributed by atoms with E-state index >= 15 is 0 Å². The summed E-state index contributed by atoms with van der Waals surface area (Å²) < 4.78 is 22.0. The fourth-order valence-corrected chi connectivity index (χ4v) is 2.59. The van der Waals surface area contributed by atoms with Gasteiger partial charge in [0, 0.05) is 19.6 Å². The van der Waals surface area contributed by atoms with E-state index in [0.29, 0.717) is 18.0 Å². The average Bonchev–Trinajstić information content (AvgIpc) is 2.55. The lowest BCUT2D eigenvalue weighted by atomic mass is 10.2. The molecule has 0 N–H and O–H groups in total. The zero-order valence-corrected chi connectivity index (χ0v) is 12.7. The van der Waals surface area contributed by atoms with Gasteiger partial charge in [-0.1, -0.05) is 12.1 Å². The molecule has 2 atom stereocenters. The van der Waals surface area contributed by atoms with Crippen molar-refractivity contribution < 1.29 is 23.7 Å². The van der Waals surface area contributed by atoms with Crippen LogP contribution in [0.4, 0.5) is 0 Å². The predicted molar refractivity (Wildman–Crippen MR) is 79.2 cm³/mol. The summed E-state index contributed by atoms with van der Waals surface area (Å²) in [5.41, 5.74) is 0. The first-order valence-electron chi connectivity index (χ1n) is 7.61. The van der Waals surface area contributed by atoms with Crippen LogP contribution in [0.15, 0.2) is 24.3 Å². The summed E-state index contributed by atoms with van der Waals surface area (Å²) in [5, 5.41) is 0. The van der Waals surface area contributed by atoms with E-state index in [1.165, 1.54) is 0 Å². The number of carbonyl (C=O) groups excluding carboxylic acids is 1. The Kier molecular flexibility index (Phi) is 4.80. The zero-order chi connectivity index (χ0) is 15.4. The quantitative estimate of drug-likeness (QED) is 0.776. The highest BCUT2D eigenvalue weighted by molar-refractivity contribution is 5.76. The standard InChI is InChI=1S/C16H21NO5/c1-12(10-17-6-8-19-9-7-17)21-16(18)15-11-20-13-4-2-3-5-14(13)22-15/h2-5,12,15H,6-11H2,1H3/t12-,15-/m0/s1. The molecule has 0 aromatic heterocycles. The van der Waals surface area contributed by atoms with E-state index in [-0.39, 0.29) is 18.7 Å². The Balaban J connectivity index is 1.49. The molecule has 0 radical (unpaired) electrons. The molecule has 120 valence electrons. The molecule has 1 fully saturated rings. The minimum atomic E-state index is -0.706. The predicted octanol–water partition coefficient (Wildman–Crippen LogP) is 1.09. The number of morpholine rings is 1. The van der Waals surface area contributed by atoms with Crippen LogP contribution in [-0.2, 0) is 14.3 Å². The largest absolute Gasteiger partial charge is 0.485 e. The lowest BCUT2D eigenvalue weighted by molar-refractivity contribution is -0.160. The molecule has 0 aliphatic carbocycles. The molecule has 0 amide bonds. The molecule has 2 aliphatic heterocycles. The van der Waals surface area contributed by atoms with Gasteiger partial charge >= 0.3 is 5.97 Å². The van der Waals surface area contributed by atoms with Crippen LogP contribution in [0, 0.1) is 0 Å². The van der Waals surface area contributed by atoms with Crippen LogP contribution in [0.2, 0.25) is 0 Å². The van der Waals surface area contributed by atoms with Crippen LogP contribution in [0.3, 0.4) is 0 Å². The SMILES string of the molecule is C[C@@H](CN1CCOCC1)OC(=O)[C@@H]1COc2ccccc2O1. The van der Waals surface area contributed by atoms with Gasteiger partial charge in [-0.05, 0) is 19.1 Å². The van der Waals surface area contributed by atoms with Crippen LogP contribution in [0.5, 0.6) is 11.5 Å². The Morgan fingerprint density at radius 3 is 2.82 bits per heavy atom. The minimum absolute atomic E-state index is 0.181. The molecule has 2 heterocycles. The van der Waals surface area contributed by atoms with Gasteiger partial charge in [0.15, 0.2) is 11.5 Å². The van der Waals surface area contributed by atoms with Crippen LogP contribution in [0.1, 0.15) is 6.92 Å². The van der Waals surface area contributed by atoms with Gasteiger partial charge in [0.05, 0.1) is 13.2 Å². The molecule has 6 heteroatoms. The fourth-order valence-electron chi connectivity index (χ4n) is 2.59. The average molecular weight is 307 g/mol.